The summed E-state index contributed by atoms with van der Waals surface area (Å²) in [6.07, 6.45) is -4.73. The topological polar surface area (TPSA) is 86.8 Å². The van der Waals surface area contributed by atoms with Crippen molar-refractivity contribution in [1.82, 2.24) is 10.2 Å². The van der Waals surface area contributed by atoms with Crippen molar-refractivity contribution in [2.45, 2.75) is 44.4 Å². The fourth-order valence-electron chi connectivity index (χ4n) is 3.88. The normalized spacial score (nSPS) is 12.5. The van der Waals surface area contributed by atoms with E-state index in [0.29, 0.717) is 22.5 Å². The molecule has 0 unspecified atom stereocenters. The Hall–Kier alpha value is -3.86. The number of rotatable bonds is 10. The lowest BCUT2D eigenvalue weighted by Crippen LogP contribution is -2.51. The number of likely N-dealkylation sites (N-methyl/N-ethyl adjacent to an activating group) is 1. The quantitative estimate of drug-likeness (QED) is 0.387. The van der Waals surface area contributed by atoms with Gasteiger partial charge in [0.2, 0.25) is 11.8 Å². The number of sulfonamides is 1. The van der Waals surface area contributed by atoms with Crippen molar-refractivity contribution in [2.24, 2.45) is 0 Å². The van der Waals surface area contributed by atoms with Gasteiger partial charge in [0.05, 0.1) is 16.1 Å². The minimum absolute atomic E-state index is 0.0147. The number of hydrogen-bond acceptors (Lipinski definition) is 4. The predicted molar refractivity (Wildman–Crippen MR) is 142 cm³/mol. The van der Waals surface area contributed by atoms with Crippen molar-refractivity contribution in [3.63, 3.8) is 0 Å². The summed E-state index contributed by atoms with van der Waals surface area (Å²) in [5.74, 6) is -1.21. The van der Waals surface area contributed by atoms with Gasteiger partial charge in [-0.3, -0.25) is 13.9 Å². The van der Waals surface area contributed by atoms with Crippen LogP contribution in [0.15, 0.2) is 83.8 Å². The number of halogens is 3. The summed E-state index contributed by atoms with van der Waals surface area (Å²) in [5.41, 5.74) is 0.288. The van der Waals surface area contributed by atoms with Gasteiger partial charge in [0.25, 0.3) is 10.0 Å². The fraction of sp³-hybridized carbons (Fsp3) is 0.286. The first-order chi connectivity index (χ1) is 18.3. The molecule has 3 aromatic carbocycles. The van der Waals surface area contributed by atoms with E-state index in [1.807, 2.05) is 19.1 Å². The molecule has 2 amide bonds. The van der Waals surface area contributed by atoms with Crippen molar-refractivity contribution in [3.8, 4) is 0 Å². The third kappa shape index (κ3) is 7.38. The molecule has 3 aromatic rings. The van der Waals surface area contributed by atoms with E-state index >= 15 is 0 Å². The van der Waals surface area contributed by atoms with Crippen molar-refractivity contribution in [3.05, 3.63) is 95.6 Å². The zero-order chi connectivity index (χ0) is 28.8. The molecule has 208 valence electrons. The Balaban J connectivity index is 2.07. The molecule has 0 aliphatic carbocycles. The van der Waals surface area contributed by atoms with E-state index in [1.165, 1.54) is 42.2 Å². The van der Waals surface area contributed by atoms with Gasteiger partial charge in [-0.05, 0) is 56.7 Å². The highest BCUT2D eigenvalue weighted by Crippen LogP contribution is 2.33. The Kier molecular flexibility index (Phi) is 9.39. The molecule has 0 heterocycles. The second-order valence-electron chi connectivity index (χ2n) is 8.95. The summed E-state index contributed by atoms with van der Waals surface area (Å²) < 4.78 is 68.4. The molecule has 0 saturated heterocycles. The van der Waals surface area contributed by atoms with Crippen LogP contribution in [-0.2, 0) is 32.3 Å². The molecule has 0 radical (unpaired) electrons. The van der Waals surface area contributed by atoms with Crippen LogP contribution in [0.5, 0.6) is 0 Å². The number of anilines is 1. The van der Waals surface area contributed by atoms with E-state index in [-0.39, 0.29) is 17.1 Å². The second-order valence-corrected chi connectivity index (χ2v) is 10.8. The van der Waals surface area contributed by atoms with Gasteiger partial charge in [-0.1, -0.05) is 54.1 Å². The molecule has 0 aromatic heterocycles. The Bertz CT molecular complexity index is 1400. The molecule has 0 aliphatic rings. The number of benzene rings is 3. The van der Waals surface area contributed by atoms with Crippen LogP contribution in [0.25, 0.3) is 0 Å². The molecule has 0 fully saturated rings. The first kappa shape index (κ1) is 29.7. The van der Waals surface area contributed by atoms with E-state index in [2.05, 4.69) is 5.32 Å². The number of carbonyl (C=O) groups is 2. The van der Waals surface area contributed by atoms with Crippen molar-refractivity contribution in [1.29, 1.82) is 0 Å². The standard InChI is InChI=1S/C28H30F3N3O4S/c1-4-32-27(36)21(3)33(18-22-15-13-20(2)14-16-22)26(35)19-34(39(37,38)25-11-6-5-7-12-25)24-10-8-9-23(17-24)28(29,30)31/h5-17,21H,4,18-19H2,1-3H3,(H,32,36)/t21-/m0/s1. The van der Waals surface area contributed by atoms with Crippen LogP contribution in [0.3, 0.4) is 0 Å². The van der Waals surface area contributed by atoms with Gasteiger partial charge in [-0.15, -0.1) is 0 Å². The van der Waals surface area contributed by atoms with Crippen LogP contribution < -0.4 is 9.62 Å². The molecule has 0 bridgehead atoms. The zero-order valence-electron chi connectivity index (χ0n) is 21.8. The Morgan fingerprint density at radius 3 is 2.18 bits per heavy atom. The minimum atomic E-state index is -4.73. The lowest BCUT2D eigenvalue weighted by Gasteiger charge is -2.32. The van der Waals surface area contributed by atoms with Gasteiger partial charge in [-0.25, -0.2) is 8.42 Å². The van der Waals surface area contributed by atoms with Crippen LogP contribution in [-0.4, -0.2) is 44.3 Å². The smallest absolute Gasteiger partial charge is 0.355 e. The number of alkyl halides is 3. The van der Waals surface area contributed by atoms with Crippen molar-refractivity contribution < 1.29 is 31.2 Å². The molecule has 1 N–H and O–H groups in total. The van der Waals surface area contributed by atoms with Gasteiger partial charge in [0.1, 0.15) is 12.6 Å². The van der Waals surface area contributed by atoms with E-state index in [1.54, 1.807) is 25.1 Å². The van der Waals surface area contributed by atoms with Gasteiger partial charge < -0.3 is 10.2 Å². The molecule has 0 saturated carbocycles. The lowest BCUT2D eigenvalue weighted by molar-refractivity contribution is -0.139. The summed E-state index contributed by atoms with van der Waals surface area (Å²) in [4.78, 5) is 27.4. The zero-order valence-corrected chi connectivity index (χ0v) is 22.6. The van der Waals surface area contributed by atoms with E-state index < -0.39 is 46.2 Å². The monoisotopic (exact) mass is 561 g/mol. The first-order valence-corrected chi connectivity index (χ1v) is 13.7. The molecule has 0 spiro atoms. The van der Waals surface area contributed by atoms with Crippen LogP contribution in [0, 0.1) is 6.92 Å². The molecule has 0 aliphatic heterocycles. The third-order valence-corrected chi connectivity index (χ3v) is 7.85. The highest BCUT2D eigenvalue weighted by molar-refractivity contribution is 7.92. The van der Waals surface area contributed by atoms with Gasteiger partial charge in [0, 0.05) is 13.1 Å². The largest absolute Gasteiger partial charge is 0.416 e. The molecule has 39 heavy (non-hydrogen) atoms. The maximum atomic E-state index is 13.7. The lowest BCUT2D eigenvalue weighted by atomic mass is 10.1. The summed E-state index contributed by atoms with van der Waals surface area (Å²) in [6.45, 7) is 4.60. The SMILES string of the molecule is CCNC(=O)[C@H](C)N(Cc1ccc(C)cc1)C(=O)CN(c1cccc(C(F)(F)F)c1)S(=O)(=O)c1ccccc1. The van der Waals surface area contributed by atoms with E-state index in [9.17, 15) is 31.2 Å². The molecular formula is C28H30F3N3O4S. The second kappa shape index (κ2) is 12.3. The summed E-state index contributed by atoms with van der Waals surface area (Å²) in [5, 5.41) is 2.65. The van der Waals surface area contributed by atoms with Crippen molar-refractivity contribution >= 4 is 27.5 Å². The average molecular weight is 562 g/mol. The molecule has 7 nitrogen and oxygen atoms in total. The first-order valence-electron chi connectivity index (χ1n) is 12.2. The summed E-state index contributed by atoms with van der Waals surface area (Å²) in [7, 11) is -4.46. The number of carbonyl (C=O) groups excluding carboxylic acids is 2. The maximum Gasteiger partial charge on any atom is 0.416 e. The number of aryl methyl sites for hydroxylation is 1. The van der Waals surface area contributed by atoms with E-state index in [0.717, 1.165) is 17.7 Å². The summed E-state index contributed by atoms with van der Waals surface area (Å²) in [6, 6.07) is 17.2. The van der Waals surface area contributed by atoms with Crippen LogP contribution in [0.2, 0.25) is 0 Å². The van der Waals surface area contributed by atoms with Crippen LogP contribution in [0.1, 0.15) is 30.5 Å². The van der Waals surface area contributed by atoms with Gasteiger partial charge in [-0.2, -0.15) is 13.2 Å². The third-order valence-electron chi connectivity index (χ3n) is 6.06. The Labute approximate surface area is 226 Å². The Morgan fingerprint density at radius 1 is 0.949 bits per heavy atom. The number of amides is 2. The number of nitrogens with one attached hydrogen (secondary N) is 1. The predicted octanol–water partition coefficient (Wildman–Crippen LogP) is 4.76. The van der Waals surface area contributed by atoms with Crippen LogP contribution in [0.4, 0.5) is 18.9 Å². The number of nitrogens with zero attached hydrogens (tertiary/aromatic N) is 2. The average Bonchev–Trinajstić information content (AvgIpc) is 2.91. The van der Waals surface area contributed by atoms with Gasteiger partial charge >= 0.3 is 6.18 Å². The van der Waals surface area contributed by atoms with Crippen LogP contribution >= 0.6 is 0 Å². The van der Waals surface area contributed by atoms with Gasteiger partial charge in [0.15, 0.2) is 0 Å². The highest BCUT2D eigenvalue weighted by atomic mass is 32.2. The molecular weight excluding hydrogens is 531 g/mol. The maximum absolute atomic E-state index is 13.7. The Morgan fingerprint density at radius 2 is 1.59 bits per heavy atom. The van der Waals surface area contributed by atoms with E-state index in [4.69, 9.17) is 0 Å². The fourth-order valence-corrected chi connectivity index (χ4v) is 5.31. The molecule has 3 rings (SSSR count). The highest BCUT2D eigenvalue weighted by Gasteiger charge is 2.35. The van der Waals surface area contributed by atoms with Crippen molar-refractivity contribution in [2.75, 3.05) is 17.4 Å². The minimum Gasteiger partial charge on any atom is -0.355 e. The summed E-state index contributed by atoms with van der Waals surface area (Å²) >= 11 is 0. The molecule has 11 heteroatoms. The molecule has 1 atom stereocenters. The number of hydrogen-bond donors (Lipinski definition) is 1.